The minimum atomic E-state index is -1.02. The average molecular weight is 265 g/mol. The quantitative estimate of drug-likeness (QED) is 0.663. The highest BCUT2D eigenvalue weighted by molar-refractivity contribution is 8.03. The first-order chi connectivity index (χ1) is 8.72. The highest BCUT2D eigenvalue weighted by Gasteiger charge is 2.20. The molecule has 0 aromatic heterocycles. The van der Waals surface area contributed by atoms with Crippen LogP contribution in [0.25, 0.3) is 0 Å². The molecule has 0 bridgehead atoms. The molecular weight excluding hydrogens is 254 g/mol. The number of hydrogen-bond donors (Lipinski definition) is 1. The first-order valence-electron chi connectivity index (χ1n) is 5.41. The highest BCUT2D eigenvalue weighted by atomic mass is 32.2. The van der Waals surface area contributed by atoms with Gasteiger partial charge in [-0.1, -0.05) is 0 Å². The number of benzene rings is 1. The van der Waals surface area contributed by atoms with Crippen molar-refractivity contribution in [1.29, 1.82) is 5.26 Å². The molecule has 0 saturated carbocycles. The third-order valence-corrected chi connectivity index (χ3v) is 3.14. The van der Waals surface area contributed by atoms with Gasteiger partial charge in [0, 0.05) is 5.56 Å². The van der Waals surface area contributed by atoms with E-state index < -0.39 is 5.97 Å². The fourth-order valence-corrected chi connectivity index (χ4v) is 2.32. The summed E-state index contributed by atoms with van der Waals surface area (Å²) in [5.74, 6) is 0.154. The molecule has 0 amide bonds. The Bertz CT molecular complexity index is 510. The van der Waals surface area contributed by atoms with Gasteiger partial charge < -0.3 is 14.6 Å². The largest absolute Gasteiger partial charge is 0.492 e. The predicted octanol–water partition coefficient (Wildman–Crippen LogP) is 2.05. The summed E-state index contributed by atoms with van der Waals surface area (Å²) in [7, 11) is 0. The zero-order chi connectivity index (χ0) is 13.0. The average Bonchev–Trinajstić information content (AvgIpc) is 2.38. The maximum atomic E-state index is 10.5. The number of thioether (sulfide) groups is 1. The molecule has 18 heavy (non-hydrogen) atoms. The van der Waals surface area contributed by atoms with Crippen molar-refractivity contribution < 1.29 is 19.4 Å². The molecule has 1 aromatic rings. The number of carboxylic acid groups (broad SMARTS) is 1. The summed E-state index contributed by atoms with van der Waals surface area (Å²) in [6, 6.07) is 3.41. The van der Waals surface area contributed by atoms with Crippen LogP contribution < -0.4 is 9.47 Å². The summed E-state index contributed by atoms with van der Waals surface area (Å²) in [6.07, 6.45) is 1.63. The molecule has 94 valence electrons. The summed E-state index contributed by atoms with van der Waals surface area (Å²) in [6.45, 7) is 0.228. The SMILES string of the molecule is N#CSc1ccc(OCC(=O)O)c2c1OCCC2. The molecule has 1 aliphatic heterocycles. The lowest BCUT2D eigenvalue weighted by atomic mass is 10.1. The molecule has 0 radical (unpaired) electrons. The van der Waals surface area contributed by atoms with Gasteiger partial charge in [-0.05, 0) is 36.7 Å². The molecule has 0 atom stereocenters. The van der Waals surface area contributed by atoms with Crippen LogP contribution in [0.1, 0.15) is 12.0 Å². The Kier molecular flexibility index (Phi) is 3.95. The van der Waals surface area contributed by atoms with Crippen molar-refractivity contribution in [3.05, 3.63) is 17.7 Å². The Morgan fingerprint density at radius 1 is 1.61 bits per heavy atom. The van der Waals surface area contributed by atoms with Gasteiger partial charge in [0.05, 0.1) is 11.5 Å². The number of rotatable bonds is 4. The molecule has 0 aliphatic carbocycles. The third-order valence-electron chi connectivity index (χ3n) is 2.51. The van der Waals surface area contributed by atoms with E-state index >= 15 is 0 Å². The van der Waals surface area contributed by atoms with Gasteiger partial charge in [-0.2, -0.15) is 5.26 Å². The molecule has 5 nitrogen and oxygen atoms in total. The minimum Gasteiger partial charge on any atom is -0.492 e. The van der Waals surface area contributed by atoms with Crippen molar-refractivity contribution in [2.75, 3.05) is 13.2 Å². The number of hydrogen-bond acceptors (Lipinski definition) is 5. The number of aliphatic carboxylic acids is 1. The van der Waals surface area contributed by atoms with E-state index in [1.54, 1.807) is 12.1 Å². The van der Waals surface area contributed by atoms with E-state index in [2.05, 4.69) is 0 Å². The van der Waals surface area contributed by atoms with E-state index in [4.69, 9.17) is 19.8 Å². The number of fused-ring (bicyclic) bond motifs is 1. The van der Waals surface area contributed by atoms with Crippen LogP contribution in [-0.4, -0.2) is 24.3 Å². The first kappa shape index (κ1) is 12.6. The van der Waals surface area contributed by atoms with Crippen molar-refractivity contribution in [2.45, 2.75) is 17.7 Å². The van der Waals surface area contributed by atoms with Crippen LogP contribution in [0.5, 0.6) is 11.5 Å². The van der Waals surface area contributed by atoms with Crippen LogP contribution in [0.3, 0.4) is 0 Å². The maximum Gasteiger partial charge on any atom is 0.341 e. The van der Waals surface area contributed by atoms with Gasteiger partial charge in [-0.15, -0.1) is 0 Å². The van der Waals surface area contributed by atoms with E-state index in [1.807, 2.05) is 5.40 Å². The number of carboxylic acids is 1. The van der Waals surface area contributed by atoms with E-state index in [-0.39, 0.29) is 6.61 Å². The van der Waals surface area contributed by atoms with E-state index in [9.17, 15) is 4.79 Å². The predicted molar refractivity (Wildman–Crippen MR) is 64.9 cm³/mol. The van der Waals surface area contributed by atoms with Gasteiger partial charge in [-0.3, -0.25) is 0 Å². The summed E-state index contributed by atoms with van der Waals surface area (Å²) in [5.41, 5.74) is 0.850. The van der Waals surface area contributed by atoms with E-state index in [0.717, 1.165) is 35.1 Å². The van der Waals surface area contributed by atoms with E-state index in [0.29, 0.717) is 18.1 Å². The van der Waals surface area contributed by atoms with E-state index in [1.165, 1.54) is 0 Å². The van der Waals surface area contributed by atoms with Gasteiger partial charge >= 0.3 is 5.97 Å². The number of ether oxygens (including phenoxy) is 2. The number of carbonyl (C=O) groups is 1. The number of thiocyanates is 1. The Hall–Kier alpha value is -1.87. The fourth-order valence-electron chi connectivity index (χ4n) is 1.81. The summed E-state index contributed by atoms with van der Waals surface area (Å²) < 4.78 is 10.8. The lowest BCUT2D eigenvalue weighted by molar-refractivity contribution is -0.139. The zero-order valence-corrected chi connectivity index (χ0v) is 10.3. The normalized spacial score (nSPS) is 13.1. The third kappa shape index (κ3) is 2.68. The summed E-state index contributed by atoms with van der Waals surface area (Å²) in [5, 5.41) is 19.3. The van der Waals surface area contributed by atoms with Gasteiger partial charge in [0.1, 0.15) is 16.9 Å². The van der Waals surface area contributed by atoms with Crippen LogP contribution in [0.2, 0.25) is 0 Å². The second-order valence-corrected chi connectivity index (χ2v) is 4.52. The molecule has 0 spiro atoms. The van der Waals surface area contributed by atoms with Gasteiger partial charge in [0.25, 0.3) is 0 Å². The minimum absolute atomic E-state index is 0.378. The second kappa shape index (κ2) is 5.65. The molecule has 6 heteroatoms. The lowest BCUT2D eigenvalue weighted by Gasteiger charge is -2.21. The second-order valence-electron chi connectivity index (χ2n) is 3.70. The van der Waals surface area contributed by atoms with Crippen LogP contribution in [0.15, 0.2) is 17.0 Å². The molecule has 1 aliphatic rings. The molecule has 0 fully saturated rings. The molecule has 0 saturated heterocycles. The molecule has 1 heterocycles. The number of nitriles is 1. The monoisotopic (exact) mass is 265 g/mol. The van der Waals surface area contributed by atoms with Crippen molar-refractivity contribution in [3.8, 4) is 16.9 Å². The lowest BCUT2D eigenvalue weighted by Crippen LogP contribution is -2.14. The Morgan fingerprint density at radius 2 is 2.44 bits per heavy atom. The highest BCUT2D eigenvalue weighted by Crippen LogP contribution is 2.40. The number of nitrogens with zero attached hydrogens (tertiary/aromatic N) is 1. The Balaban J connectivity index is 2.32. The molecule has 1 N–H and O–H groups in total. The van der Waals surface area contributed by atoms with Crippen molar-refractivity contribution in [3.63, 3.8) is 0 Å². The Morgan fingerprint density at radius 3 is 3.17 bits per heavy atom. The fraction of sp³-hybridized carbons (Fsp3) is 0.333. The van der Waals surface area contributed by atoms with Gasteiger partial charge in [0.15, 0.2) is 6.61 Å². The van der Waals surface area contributed by atoms with Gasteiger partial charge in [0.2, 0.25) is 0 Å². The topological polar surface area (TPSA) is 79.5 Å². The Labute approximate surface area is 108 Å². The smallest absolute Gasteiger partial charge is 0.341 e. The van der Waals surface area contributed by atoms with Crippen LogP contribution in [0.4, 0.5) is 0 Å². The molecule has 1 aromatic carbocycles. The summed E-state index contributed by atoms with van der Waals surface area (Å²) >= 11 is 1.03. The first-order valence-corrected chi connectivity index (χ1v) is 6.23. The van der Waals surface area contributed by atoms with Crippen LogP contribution >= 0.6 is 11.8 Å². The van der Waals surface area contributed by atoms with Crippen LogP contribution in [0, 0.1) is 10.7 Å². The van der Waals surface area contributed by atoms with Gasteiger partial charge in [-0.25, -0.2) is 4.79 Å². The van der Waals surface area contributed by atoms with Crippen LogP contribution in [-0.2, 0) is 11.2 Å². The van der Waals surface area contributed by atoms with Crippen molar-refractivity contribution >= 4 is 17.7 Å². The zero-order valence-electron chi connectivity index (χ0n) is 9.51. The van der Waals surface area contributed by atoms with Crippen molar-refractivity contribution in [2.24, 2.45) is 0 Å². The molecular formula is C12H11NO4S. The standard InChI is InChI=1S/C12H11NO4S/c13-7-18-10-4-3-9(17-6-11(14)15)8-2-1-5-16-12(8)10/h3-4H,1-2,5-6H2,(H,14,15). The molecule has 0 unspecified atom stereocenters. The van der Waals surface area contributed by atoms with Crippen molar-refractivity contribution in [1.82, 2.24) is 0 Å². The maximum absolute atomic E-state index is 10.5. The summed E-state index contributed by atoms with van der Waals surface area (Å²) in [4.78, 5) is 11.3. The molecule has 2 rings (SSSR count).